The van der Waals surface area contributed by atoms with Crippen LogP contribution in [-0.4, -0.2) is 34.8 Å². The minimum Gasteiger partial charge on any atom is -0.300 e. The average molecular weight is 278 g/mol. The van der Waals surface area contributed by atoms with Crippen molar-refractivity contribution >= 4 is 5.78 Å². The van der Waals surface area contributed by atoms with Gasteiger partial charge in [0.05, 0.1) is 6.20 Å². The first-order valence-corrected chi connectivity index (χ1v) is 7.45. The summed E-state index contributed by atoms with van der Waals surface area (Å²) >= 11 is 0. The SMILES string of the molecule is CC(C)CCN(CCC(=O)c1ccc(F)cn1)C1CC1. The number of ketones is 1. The van der Waals surface area contributed by atoms with E-state index in [4.69, 9.17) is 0 Å². The quantitative estimate of drug-likeness (QED) is 0.684. The highest BCUT2D eigenvalue weighted by Gasteiger charge is 2.28. The van der Waals surface area contributed by atoms with Crippen LogP contribution in [0.1, 0.15) is 50.0 Å². The predicted octanol–water partition coefficient (Wildman–Crippen LogP) is 3.30. The lowest BCUT2D eigenvalue weighted by Gasteiger charge is -2.22. The van der Waals surface area contributed by atoms with Crippen molar-refractivity contribution in [1.29, 1.82) is 0 Å². The number of pyridine rings is 1. The lowest BCUT2D eigenvalue weighted by molar-refractivity contribution is 0.0956. The van der Waals surface area contributed by atoms with Gasteiger partial charge < -0.3 is 0 Å². The summed E-state index contributed by atoms with van der Waals surface area (Å²) in [5, 5.41) is 0. The van der Waals surface area contributed by atoms with Crippen molar-refractivity contribution in [3.8, 4) is 0 Å². The number of hydrogen-bond donors (Lipinski definition) is 0. The molecule has 1 heterocycles. The highest BCUT2D eigenvalue weighted by Crippen LogP contribution is 2.27. The van der Waals surface area contributed by atoms with Crippen molar-refractivity contribution in [3.05, 3.63) is 29.8 Å². The van der Waals surface area contributed by atoms with E-state index in [1.165, 1.54) is 31.4 Å². The molecular weight excluding hydrogens is 255 g/mol. The predicted molar refractivity (Wildman–Crippen MR) is 77.2 cm³/mol. The summed E-state index contributed by atoms with van der Waals surface area (Å²) in [5.74, 6) is 0.281. The van der Waals surface area contributed by atoms with Gasteiger partial charge in [-0.1, -0.05) is 13.8 Å². The standard InChI is InChI=1S/C16H23FN2O/c1-12(2)7-9-19(14-4-5-14)10-8-16(20)15-6-3-13(17)11-18-15/h3,6,11-12,14H,4-5,7-10H2,1-2H3. The number of aromatic nitrogens is 1. The molecule has 0 spiro atoms. The Balaban J connectivity index is 1.82. The molecule has 3 nitrogen and oxygen atoms in total. The minimum atomic E-state index is -0.405. The smallest absolute Gasteiger partial charge is 0.182 e. The van der Waals surface area contributed by atoms with Crippen molar-refractivity contribution in [1.82, 2.24) is 9.88 Å². The van der Waals surface area contributed by atoms with E-state index in [1.807, 2.05) is 0 Å². The fourth-order valence-electron chi connectivity index (χ4n) is 2.25. The van der Waals surface area contributed by atoms with E-state index in [0.29, 0.717) is 24.1 Å². The van der Waals surface area contributed by atoms with Crippen molar-refractivity contribution < 1.29 is 9.18 Å². The molecule has 1 aliphatic rings. The minimum absolute atomic E-state index is 0.000182. The van der Waals surface area contributed by atoms with Gasteiger partial charge in [0.1, 0.15) is 11.5 Å². The van der Waals surface area contributed by atoms with Crippen molar-refractivity contribution in [2.75, 3.05) is 13.1 Å². The number of carbonyl (C=O) groups is 1. The van der Waals surface area contributed by atoms with Gasteiger partial charge in [-0.15, -0.1) is 0 Å². The van der Waals surface area contributed by atoms with E-state index in [-0.39, 0.29) is 5.78 Å². The molecule has 110 valence electrons. The Morgan fingerprint density at radius 1 is 1.40 bits per heavy atom. The topological polar surface area (TPSA) is 33.2 Å². The summed E-state index contributed by atoms with van der Waals surface area (Å²) in [4.78, 5) is 18.3. The van der Waals surface area contributed by atoms with E-state index in [9.17, 15) is 9.18 Å². The maximum Gasteiger partial charge on any atom is 0.182 e. The third kappa shape index (κ3) is 4.67. The van der Waals surface area contributed by atoms with E-state index in [2.05, 4.69) is 23.7 Å². The number of halogens is 1. The van der Waals surface area contributed by atoms with Gasteiger partial charge >= 0.3 is 0 Å². The second kappa shape index (κ2) is 6.93. The van der Waals surface area contributed by atoms with Crippen LogP contribution in [-0.2, 0) is 0 Å². The third-order valence-corrected chi connectivity index (χ3v) is 3.70. The summed E-state index contributed by atoms with van der Waals surface area (Å²) in [6, 6.07) is 3.42. The lowest BCUT2D eigenvalue weighted by atomic mass is 10.1. The Morgan fingerprint density at radius 3 is 2.70 bits per heavy atom. The molecule has 1 aromatic heterocycles. The lowest BCUT2D eigenvalue weighted by Crippen LogP contribution is -2.30. The third-order valence-electron chi connectivity index (χ3n) is 3.70. The highest BCUT2D eigenvalue weighted by molar-refractivity contribution is 5.94. The van der Waals surface area contributed by atoms with Gasteiger partial charge in [0.15, 0.2) is 5.78 Å². The van der Waals surface area contributed by atoms with Gasteiger partial charge in [-0.05, 0) is 43.9 Å². The van der Waals surface area contributed by atoms with E-state index in [0.717, 1.165) is 19.3 Å². The van der Waals surface area contributed by atoms with Crippen LogP contribution >= 0.6 is 0 Å². The number of carbonyl (C=O) groups excluding carboxylic acids is 1. The van der Waals surface area contributed by atoms with Gasteiger partial charge in [-0.2, -0.15) is 0 Å². The Kier molecular flexibility index (Phi) is 5.24. The van der Waals surface area contributed by atoms with Gasteiger partial charge in [0.25, 0.3) is 0 Å². The van der Waals surface area contributed by atoms with Gasteiger partial charge in [0, 0.05) is 19.0 Å². The molecular formula is C16H23FN2O. The van der Waals surface area contributed by atoms with E-state index < -0.39 is 5.82 Å². The van der Waals surface area contributed by atoms with Crippen LogP contribution in [0.4, 0.5) is 4.39 Å². The zero-order chi connectivity index (χ0) is 14.5. The fourth-order valence-corrected chi connectivity index (χ4v) is 2.25. The van der Waals surface area contributed by atoms with Crippen LogP contribution in [0.15, 0.2) is 18.3 Å². The maximum absolute atomic E-state index is 12.8. The van der Waals surface area contributed by atoms with Crippen LogP contribution in [0.5, 0.6) is 0 Å². The number of nitrogens with zero attached hydrogens (tertiary/aromatic N) is 2. The second-order valence-electron chi connectivity index (χ2n) is 5.98. The monoisotopic (exact) mass is 278 g/mol. The fraction of sp³-hybridized carbons (Fsp3) is 0.625. The molecule has 0 aromatic carbocycles. The molecule has 0 unspecified atom stereocenters. The van der Waals surface area contributed by atoms with Crippen molar-refractivity contribution in [2.24, 2.45) is 5.92 Å². The summed E-state index contributed by atoms with van der Waals surface area (Å²) in [5.41, 5.74) is 0.367. The van der Waals surface area contributed by atoms with Crippen LogP contribution in [0.3, 0.4) is 0 Å². The van der Waals surface area contributed by atoms with Crippen LogP contribution in [0.2, 0.25) is 0 Å². The number of rotatable bonds is 8. The molecule has 0 atom stereocenters. The Morgan fingerprint density at radius 2 is 2.15 bits per heavy atom. The van der Waals surface area contributed by atoms with Gasteiger partial charge in [-0.3, -0.25) is 14.7 Å². The van der Waals surface area contributed by atoms with Crippen LogP contribution in [0, 0.1) is 11.7 Å². The first kappa shape index (κ1) is 15.1. The van der Waals surface area contributed by atoms with Crippen molar-refractivity contribution in [3.63, 3.8) is 0 Å². The number of Topliss-reactive ketones (excluding diaryl/α,β-unsaturated/α-hetero) is 1. The summed E-state index contributed by atoms with van der Waals surface area (Å²) in [7, 11) is 0. The first-order chi connectivity index (χ1) is 9.56. The maximum atomic E-state index is 12.8. The Labute approximate surface area is 120 Å². The van der Waals surface area contributed by atoms with Gasteiger partial charge in [0.2, 0.25) is 0 Å². The molecule has 1 saturated carbocycles. The molecule has 0 amide bonds. The molecule has 1 fully saturated rings. The van der Waals surface area contributed by atoms with Crippen LogP contribution < -0.4 is 0 Å². The molecule has 0 saturated heterocycles. The molecule has 1 aliphatic carbocycles. The average Bonchev–Trinajstić information content (AvgIpc) is 3.23. The van der Waals surface area contributed by atoms with E-state index in [1.54, 1.807) is 0 Å². The van der Waals surface area contributed by atoms with E-state index >= 15 is 0 Å². The second-order valence-corrected chi connectivity index (χ2v) is 5.98. The molecule has 0 N–H and O–H groups in total. The Bertz CT molecular complexity index is 440. The Hall–Kier alpha value is -1.29. The summed E-state index contributed by atoms with van der Waals surface area (Å²) in [6.07, 6.45) is 5.24. The zero-order valence-electron chi connectivity index (χ0n) is 12.3. The summed E-state index contributed by atoms with van der Waals surface area (Å²) < 4.78 is 12.8. The van der Waals surface area contributed by atoms with Crippen molar-refractivity contribution in [2.45, 2.75) is 45.6 Å². The molecule has 20 heavy (non-hydrogen) atoms. The molecule has 2 rings (SSSR count). The molecule has 4 heteroatoms. The number of hydrogen-bond acceptors (Lipinski definition) is 3. The summed E-state index contributed by atoms with van der Waals surface area (Å²) in [6.45, 7) is 6.29. The molecule has 0 bridgehead atoms. The largest absolute Gasteiger partial charge is 0.300 e. The molecule has 0 aliphatic heterocycles. The normalized spacial score (nSPS) is 15.1. The van der Waals surface area contributed by atoms with Gasteiger partial charge in [-0.25, -0.2) is 4.39 Å². The highest BCUT2D eigenvalue weighted by atomic mass is 19.1. The molecule has 1 aromatic rings. The first-order valence-electron chi connectivity index (χ1n) is 7.45. The molecule has 0 radical (unpaired) electrons. The van der Waals surface area contributed by atoms with Crippen LogP contribution in [0.25, 0.3) is 0 Å². The zero-order valence-corrected chi connectivity index (χ0v) is 12.3.